The first kappa shape index (κ1) is 20.4. The monoisotopic (exact) mass is 216 g/mol. The fraction of sp³-hybridized carbons (Fsp3) is 1.00. The summed E-state index contributed by atoms with van der Waals surface area (Å²) in [7, 11) is 0. The highest BCUT2D eigenvalue weighted by atomic mass is 14.2. The van der Waals surface area contributed by atoms with Gasteiger partial charge in [-0.15, -0.1) is 0 Å². The zero-order valence-electron chi connectivity index (χ0n) is 12.5. The first-order valence-electron chi connectivity index (χ1n) is 7.43. The zero-order chi connectivity index (χ0) is 12.5. The largest absolute Gasteiger partial charge is 0.0683 e. The van der Waals surface area contributed by atoms with E-state index < -0.39 is 0 Å². The summed E-state index contributed by atoms with van der Waals surface area (Å²) >= 11 is 0. The molecule has 0 bridgehead atoms. The van der Waals surface area contributed by atoms with Crippen molar-refractivity contribution in [2.45, 2.75) is 93.4 Å². The van der Waals surface area contributed by atoms with E-state index in [1.807, 2.05) is 41.5 Å². The van der Waals surface area contributed by atoms with Crippen molar-refractivity contribution in [3.8, 4) is 0 Å². The Morgan fingerprint density at radius 3 is 1.47 bits per heavy atom. The third kappa shape index (κ3) is 16.7. The first-order chi connectivity index (χ1) is 7.43. The van der Waals surface area contributed by atoms with Crippen LogP contribution in [0.1, 0.15) is 93.4 Å². The lowest BCUT2D eigenvalue weighted by Gasteiger charge is -2.20. The average Bonchev–Trinajstić information content (AvgIpc) is 2.38. The maximum atomic E-state index is 2.30. The second-order valence-electron chi connectivity index (χ2n) is 3.29. The standard InChI is InChI=1S/C9H18.3C2H6/c1-2-6-9-7-4-3-5-8-9;3*1-2/h9H,2-8H2,1H3;3*1-2H3. The van der Waals surface area contributed by atoms with Crippen molar-refractivity contribution in [3.05, 3.63) is 0 Å². The van der Waals surface area contributed by atoms with E-state index in [1.165, 1.54) is 44.9 Å². The van der Waals surface area contributed by atoms with Crippen molar-refractivity contribution >= 4 is 0 Å². The van der Waals surface area contributed by atoms with Crippen LogP contribution in [0.4, 0.5) is 0 Å². The van der Waals surface area contributed by atoms with Crippen LogP contribution in [0.2, 0.25) is 0 Å². The molecule has 0 saturated heterocycles. The Bertz CT molecular complexity index is 57.7. The highest BCUT2D eigenvalue weighted by molar-refractivity contribution is 4.64. The molecule has 0 atom stereocenters. The summed E-state index contributed by atoms with van der Waals surface area (Å²) in [4.78, 5) is 0. The van der Waals surface area contributed by atoms with Gasteiger partial charge in [0.1, 0.15) is 0 Å². The summed E-state index contributed by atoms with van der Waals surface area (Å²) in [6.07, 6.45) is 10.4. The summed E-state index contributed by atoms with van der Waals surface area (Å²) in [5, 5.41) is 0. The molecule has 0 nitrogen and oxygen atoms in total. The predicted molar refractivity (Wildman–Crippen MR) is 75.5 cm³/mol. The van der Waals surface area contributed by atoms with Gasteiger partial charge in [0.15, 0.2) is 0 Å². The lowest BCUT2D eigenvalue weighted by Crippen LogP contribution is -2.04. The normalized spacial score (nSPS) is 14.6. The quantitative estimate of drug-likeness (QED) is 0.498. The molecule has 15 heavy (non-hydrogen) atoms. The molecule has 96 valence electrons. The van der Waals surface area contributed by atoms with Crippen molar-refractivity contribution < 1.29 is 0 Å². The van der Waals surface area contributed by atoms with Crippen LogP contribution in [0, 0.1) is 5.92 Å². The molecule has 0 N–H and O–H groups in total. The molecule has 0 heterocycles. The molecule has 1 saturated carbocycles. The third-order valence-electron chi connectivity index (χ3n) is 2.42. The lowest BCUT2D eigenvalue weighted by atomic mass is 9.86. The van der Waals surface area contributed by atoms with Crippen LogP contribution in [-0.4, -0.2) is 0 Å². The SMILES string of the molecule is CC.CC.CC.CCCC1CCCCC1. The minimum Gasteiger partial charge on any atom is -0.0683 e. The Labute approximate surface area is 99.9 Å². The number of hydrogen-bond donors (Lipinski definition) is 0. The Morgan fingerprint density at radius 1 is 0.733 bits per heavy atom. The molecule has 1 aliphatic carbocycles. The van der Waals surface area contributed by atoms with Gasteiger partial charge in [0.25, 0.3) is 0 Å². The van der Waals surface area contributed by atoms with Gasteiger partial charge in [-0.05, 0) is 5.92 Å². The van der Waals surface area contributed by atoms with E-state index >= 15 is 0 Å². The molecule has 0 heteroatoms. The van der Waals surface area contributed by atoms with Crippen LogP contribution < -0.4 is 0 Å². The second kappa shape index (κ2) is 23.7. The molecule has 0 aromatic heterocycles. The van der Waals surface area contributed by atoms with E-state index in [0.29, 0.717) is 0 Å². The van der Waals surface area contributed by atoms with Crippen LogP contribution in [-0.2, 0) is 0 Å². The summed E-state index contributed by atoms with van der Waals surface area (Å²) in [5.74, 6) is 1.10. The smallest absolute Gasteiger partial charge is 0.0414 e. The van der Waals surface area contributed by atoms with Gasteiger partial charge in [-0.2, -0.15) is 0 Å². The average molecular weight is 216 g/mol. The Hall–Kier alpha value is 0. The first-order valence-corrected chi connectivity index (χ1v) is 7.43. The van der Waals surface area contributed by atoms with E-state index in [1.54, 1.807) is 0 Å². The van der Waals surface area contributed by atoms with Gasteiger partial charge in [-0.3, -0.25) is 0 Å². The van der Waals surface area contributed by atoms with Crippen LogP contribution >= 0.6 is 0 Å². The van der Waals surface area contributed by atoms with Crippen LogP contribution in [0.15, 0.2) is 0 Å². The molecule has 1 fully saturated rings. The molecule has 0 spiro atoms. The maximum Gasteiger partial charge on any atom is -0.0414 e. The minimum atomic E-state index is 1.10. The van der Waals surface area contributed by atoms with Crippen molar-refractivity contribution in [1.29, 1.82) is 0 Å². The van der Waals surface area contributed by atoms with Gasteiger partial charge in [-0.1, -0.05) is 93.4 Å². The van der Waals surface area contributed by atoms with Crippen LogP contribution in [0.5, 0.6) is 0 Å². The molecule has 0 radical (unpaired) electrons. The summed E-state index contributed by atoms with van der Waals surface area (Å²) in [6, 6.07) is 0. The van der Waals surface area contributed by atoms with Gasteiger partial charge >= 0.3 is 0 Å². The van der Waals surface area contributed by atoms with Gasteiger partial charge in [0.2, 0.25) is 0 Å². The van der Waals surface area contributed by atoms with E-state index in [-0.39, 0.29) is 0 Å². The zero-order valence-corrected chi connectivity index (χ0v) is 12.5. The number of rotatable bonds is 2. The lowest BCUT2D eigenvalue weighted by molar-refractivity contribution is 0.336. The molecular weight excluding hydrogens is 180 g/mol. The highest BCUT2D eigenvalue weighted by Crippen LogP contribution is 2.26. The van der Waals surface area contributed by atoms with Crippen LogP contribution in [0.3, 0.4) is 0 Å². The number of hydrogen-bond acceptors (Lipinski definition) is 0. The minimum absolute atomic E-state index is 1.10. The maximum absolute atomic E-state index is 2.30. The van der Waals surface area contributed by atoms with Crippen molar-refractivity contribution in [2.75, 3.05) is 0 Å². The Balaban J connectivity index is -0.000000208. The topological polar surface area (TPSA) is 0 Å². The Morgan fingerprint density at radius 2 is 1.13 bits per heavy atom. The summed E-state index contributed by atoms with van der Waals surface area (Å²) < 4.78 is 0. The predicted octanol–water partition coefficient (Wildman–Crippen LogP) is 6.45. The van der Waals surface area contributed by atoms with Gasteiger partial charge in [0.05, 0.1) is 0 Å². The van der Waals surface area contributed by atoms with Gasteiger partial charge in [-0.25, -0.2) is 0 Å². The van der Waals surface area contributed by atoms with E-state index in [2.05, 4.69) is 6.92 Å². The van der Waals surface area contributed by atoms with Gasteiger partial charge < -0.3 is 0 Å². The Kier molecular flexibility index (Phi) is 32.2. The fourth-order valence-electron chi connectivity index (χ4n) is 1.88. The molecule has 1 rings (SSSR count). The molecule has 0 aliphatic heterocycles. The molecule has 0 unspecified atom stereocenters. The second-order valence-corrected chi connectivity index (χ2v) is 3.29. The summed E-state index contributed by atoms with van der Waals surface area (Å²) in [5.41, 5.74) is 0. The molecule has 0 amide bonds. The summed E-state index contributed by atoms with van der Waals surface area (Å²) in [6.45, 7) is 14.3. The molecule has 1 aliphatic rings. The van der Waals surface area contributed by atoms with Crippen molar-refractivity contribution in [3.63, 3.8) is 0 Å². The van der Waals surface area contributed by atoms with Crippen molar-refractivity contribution in [2.24, 2.45) is 5.92 Å². The fourth-order valence-corrected chi connectivity index (χ4v) is 1.88. The third-order valence-corrected chi connectivity index (χ3v) is 2.42. The van der Waals surface area contributed by atoms with Crippen LogP contribution in [0.25, 0.3) is 0 Å². The van der Waals surface area contributed by atoms with E-state index in [0.717, 1.165) is 5.92 Å². The van der Waals surface area contributed by atoms with Crippen molar-refractivity contribution in [1.82, 2.24) is 0 Å². The molecule has 0 aromatic carbocycles. The molecular formula is C15H36. The van der Waals surface area contributed by atoms with E-state index in [9.17, 15) is 0 Å². The highest BCUT2D eigenvalue weighted by Gasteiger charge is 2.10. The molecule has 0 aromatic rings. The van der Waals surface area contributed by atoms with E-state index in [4.69, 9.17) is 0 Å². The van der Waals surface area contributed by atoms with Gasteiger partial charge in [0, 0.05) is 0 Å².